The summed E-state index contributed by atoms with van der Waals surface area (Å²) in [5.41, 5.74) is 9.81. The van der Waals surface area contributed by atoms with Crippen molar-refractivity contribution in [3.8, 4) is 18.1 Å². The summed E-state index contributed by atoms with van der Waals surface area (Å²) in [5, 5.41) is 15.5. The molecule has 0 heterocycles. The number of fused-ring (bicyclic) bond motifs is 5. The first-order valence-corrected chi connectivity index (χ1v) is 9.38. The number of rotatable bonds is 2. The smallest absolute Gasteiger partial charge is 0.130 e. The highest BCUT2D eigenvalue weighted by Gasteiger charge is 2.64. The number of aliphatic hydroxyl groups is 1. The molecule has 26 heavy (non-hydrogen) atoms. The number of methoxy groups -OCH3 is 1. The van der Waals surface area contributed by atoms with E-state index in [-0.39, 0.29) is 17.3 Å². The normalized spacial score (nSPS) is 40.4. The van der Waals surface area contributed by atoms with Gasteiger partial charge in [0.1, 0.15) is 11.4 Å². The molecule has 5 atom stereocenters. The van der Waals surface area contributed by atoms with Gasteiger partial charge >= 0.3 is 0 Å². The van der Waals surface area contributed by atoms with Crippen LogP contribution in [0.4, 0.5) is 0 Å². The van der Waals surface area contributed by atoms with E-state index in [2.05, 4.69) is 35.0 Å². The van der Waals surface area contributed by atoms with E-state index in [9.17, 15) is 10.6 Å². The number of ether oxygens (including phenoxy) is 1. The standard InChI is InChI=1S/C21H25N3O2/c1-4-20(25)10-9-17-18-7-5-14-13-15(26-3)6-8-16(14)21(18,23-24-22)12-11-19(17,20)2/h1,6,8,13,17-18,25H,5,7,9-12H2,2-3H3/t17-,18-,19-,20-,21-/m0/s1. The molecule has 1 aromatic rings. The molecule has 3 aliphatic rings. The van der Waals surface area contributed by atoms with E-state index in [1.54, 1.807) is 7.11 Å². The van der Waals surface area contributed by atoms with Gasteiger partial charge in [-0.05, 0) is 79.2 Å². The molecule has 136 valence electrons. The third-order valence-electron chi connectivity index (χ3n) is 7.67. The average molecular weight is 351 g/mol. The van der Waals surface area contributed by atoms with Crippen molar-refractivity contribution in [2.75, 3.05) is 7.11 Å². The lowest BCUT2D eigenvalue weighted by Gasteiger charge is -2.56. The third kappa shape index (κ3) is 2.00. The Morgan fingerprint density at radius 2 is 2.12 bits per heavy atom. The van der Waals surface area contributed by atoms with Gasteiger partial charge in [0.2, 0.25) is 0 Å². The first-order chi connectivity index (χ1) is 12.4. The van der Waals surface area contributed by atoms with Gasteiger partial charge in [-0.3, -0.25) is 0 Å². The van der Waals surface area contributed by atoms with Gasteiger partial charge in [0.05, 0.1) is 12.6 Å². The Labute approximate surface area is 154 Å². The van der Waals surface area contributed by atoms with Crippen LogP contribution < -0.4 is 4.74 Å². The lowest BCUT2D eigenvalue weighted by Crippen LogP contribution is -2.55. The molecular weight excluding hydrogens is 326 g/mol. The van der Waals surface area contributed by atoms with Crippen LogP contribution in [-0.4, -0.2) is 17.8 Å². The van der Waals surface area contributed by atoms with Crippen molar-refractivity contribution < 1.29 is 9.84 Å². The molecule has 5 nitrogen and oxygen atoms in total. The van der Waals surface area contributed by atoms with Gasteiger partial charge in [0.25, 0.3) is 0 Å². The van der Waals surface area contributed by atoms with Crippen molar-refractivity contribution in [1.82, 2.24) is 0 Å². The molecule has 0 saturated heterocycles. The van der Waals surface area contributed by atoms with Crippen LogP contribution in [0.5, 0.6) is 5.75 Å². The second kappa shape index (κ2) is 5.67. The van der Waals surface area contributed by atoms with E-state index < -0.39 is 11.1 Å². The maximum absolute atomic E-state index is 11.1. The minimum Gasteiger partial charge on any atom is -0.497 e. The largest absolute Gasteiger partial charge is 0.497 e. The topological polar surface area (TPSA) is 78.2 Å². The summed E-state index contributed by atoms with van der Waals surface area (Å²) in [7, 11) is 1.67. The van der Waals surface area contributed by atoms with Crippen LogP contribution in [0.1, 0.15) is 50.2 Å². The monoisotopic (exact) mass is 351 g/mol. The maximum atomic E-state index is 11.1. The molecule has 2 saturated carbocycles. The predicted molar refractivity (Wildman–Crippen MR) is 99.5 cm³/mol. The van der Waals surface area contributed by atoms with Gasteiger partial charge in [-0.2, -0.15) is 0 Å². The molecule has 0 amide bonds. The lowest BCUT2D eigenvalue weighted by molar-refractivity contribution is -0.0834. The molecule has 2 fully saturated rings. The fourth-order valence-electron chi connectivity index (χ4n) is 6.19. The zero-order chi connectivity index (χ0) is 18.6. The van der Waals surface area contributed by atoms with Crippen LogP contribution in [0.15, 0.2) is 23.3 Å². The van der Waals surface area contributed by atoms with Crippen LogP contribution in [0.25, 0.3) is 10.4 Å². The zero-order valence-electron chi connectivity index (χ0n) is 15.4. The summed E-state index contributed by atoms with van der Waals surface area (Å²) in [4.78, 5) is 3.26. The molecule has 0 spiro atoms. The van der Waals surface area contributed by atoms with Crippen LogP contribution in [0, 0.1) is 29.6 Å². The highest BCUT2D eigenvalue weighted by Crippen LogP contribution is 2.66. The number of nitrogens with zero attached hydrogens (tertiary/aromatic N) is 3. The Morgan fingerprint density at radius 1 is 1.31 bits per heavy atom. The summed E-state index contributed by atoms with van der Waals surface area (Å²) >= 11 is 0. The summed E-state index contributed by atoms with van der Waals surface area (Å²) in [5.74, 6) is 4.00. The van der Waals surface area contributed by atoms with Crippen LogP contribution in [-0.2, 0) is 12.0 Å². The van der Waals surface area contributed by atoms with E-state index in [1.807, 2.05) is 6.07 Å². The van der Waals surface area contributed by atoms with Gasteiger partial charge < -0.3 is 9.84 Å². The Balaban J connectivity index is 1.85. The molecule has 3 aliphatic carbocycles. The zero-order valence-corrected chi connectivity index (χ0v) is 15.4. The highest BCUT2D eigenvalue weighted by atomic mass is 16.5. The molecule has 5 heteroatoms. The molecule has 4 rings (SSSR count). The van der Waals surface area contributed by atoms with Crippen molar-refractivity contribution in [2.45, 2.75) is 56.6 Å². The molecular formula is C21H25N3O2. The quantitative estimate of drug-likeness (QED) is 0.372. The van der Waals surface area contributed by atoms with Crippen LogP contribution >= 0.6 is 0 Å². The molecule has 0 bridgehead atoms. The number of hydrogen-bond donors (Lipinski definition) is 1. The predicted octanol–water partition coefficient (Wildman–Crippen LogP) is 4.34. The Bertz CT molecular complexity index is 840. The minimum atomic E-state index is -1.06. The number of azide groups is 1. The summed E-state index contributed by atoms with van der Waals surface area (Å²) < 4.78 is 5.38. The van der Waals surface area contributed by atoms with Crippen molar-refractivity contribution in [1.29, 1.82) is 0 Å². The second-order valence-corrected chi connectivity index (χ2v) is 8.35. The third-order valence-corrected chi connectivity index (χ3v) is 7.67. The number of hydrogen-bond acceptors (Lipinski definition) is 3. The van der Waals surface area contributed by atoms with Gasteiger partial charge in [0, 0.05) is 10.3 Å². The summed E-state index contributed by atoms with van der Waals surface area (Å²) in [6.07, 6.45) is 10.6. The SMILES string of the molecule is C#C[C@]1(O)CC[C@H]2[C@@H]3CCc4cc(OC)ccc4[C@@]3(N=[N+]=[N-])CC[C@@]21C. The van der Waals surface area contributed by atoms with E-state index in [0.717, 1.165) is 43.4 Å². The van der Waals surface area contributed by atoms with Crippen LogP contribution in [0.3, 0.4) is 0 Å². The number of terminal acetylenes is 1. The maximum Gasteiger partial charge on any atom is 0.130 e. The van der Waals surface area contributed by atoms with Crippen molar-refractivity contribution >= 4 is 0 Å². The van der Waals surface area contributed by atoms with E-state index in [1.165, 1.54) is 5.56 Å². The molecule has 0 aliphatic heterocycles. The first kappa shape index (κ1) is 17.3. The molecule has 1 N–H and O–H groups in total. The highest BCUT2D eigenvalue weighted by molar-refractivity contribution is 5.44. The number of aryl methyl sites for hydroxylation is 1. The first-order valence-electron chi connectivity index (χ1n) is 9.38. The van der Waals surface area contributed by atoms with Gasteiger partial charge in [0.15, 0.2) is 0 Å². The fraction of sp³-hybridized carbons (Fsp3) is 0.619. The second-order valence-electron chi connectivity index (χ2n) is 8.35. The van der Waals surface area contributed by atoms with E-state index in [0.29, 0.717) is 6.42 Å². The van der Waals surface area contributed by atoms with E-state index >= 15 is 0 Å². The molecule has 0 aromatic heterocycles. The molecule has 0 radical (unpaired) electrons. The Morgan fingerprint density at radius 3 is 2.81 bits per heavy atom. The van der Waals surface area contributed by atoms with Gasteiger partial charge in [-0.1, -0.05) is 24.0 Å². The van der Waals surface area contributed by atoms with Crippen molar-refractivity contribution in [3.05, 3.63) is 39.8 Å². The van der Waals surface area contributed by atoms with Crippen LogP contribution in [0.2, 0.25) is 0 Å². The van der Waals surface area contributed by atoms with Crippen molar-refractivity contribution in [3.63, 3.8) is 0 Å². The minimum absolute atomic E-state index is 0.209. The van der Waals surface area contributed by atoms with Crippen molar-refractivity contribution in [2.24, 2.45) is 22.4 Å². The van der Waals surface area contributed by atoms with Gasteiger partial charge in [-0.15, -0.1) is 6.42 Å². The lowest BCUT2D eigenvalue weighted by atomic mass is 9.50. The Kier molecular flexibility index (Phi) is 3.77. The Hall–Kier alpha value is -2.15. The molecule has 0 unspecified atom stereocenters. The average Bonchev–Trinajstić information content (AvgIpc) is 2.93. The molecule has 1 aromatic carbocycles. The number of benzene rings is 1. The fourth-order valence-corrected chi connectivity index (χ4v) is 6.19. The van der Waals surface area contributed by atoms with Gasteiger partial charge in [-0.25, -0.2) is 0 Å². The summed E-state index contributed by atoms with van der Waals surface area (Å²) in [6, 6.07) is 6.09. The summed E-state index contributed by atoms with van der Waals surface area (Å²) in [6.45, 7) is 2.13. The van der Waals surface area contributed by atoms with E-state index in [4.69, 9.17) is 11.2 Å².